The van der Waals surface area contributed by atoms with Crippen LogP contribution in [0.5, 0.6) is 0 Å². The molecule has 8 heteroatoms. The molecule has 1 amide bonds. The lowest BCUT2D eigenvalue weighted by atomic mass is 10.2. The van der Waals surface area contributed by atoms with Crippen LogP contribution in [0.25, 0.3) is 0 Å². The molecule has 0 unspecified atom stereocenters. The number of carbonyl (C=O) groups is 1. The van der Waals surface area contributed by atoms with Gasteiger partial charge in [0.2, 0.25) is 10.0 Å². The summed E-state index contributed by atoms with van der Waals surface area (Å²) in [4.78, 5) is 11.8. The van der Waals surface area contributed by atoms with Crippen LogP contribution in [0.3, 0.4) is 0 Å². The van der Waals surface area contributed by atoms with Crippen molar-refractivity contribution >= 4 is 43.2 Å². The van der Waals surface area contributed by atoms with Gasteiger partial charge in [-0.05, 0) is 35.7 Å². The first-order valence-electron chi connectivity index (χ1n) is 6.06. The third kappa shape index (κ3) is 4.63. The molecule has 1 heterocycles. The lowest BCUT2D eigenvalue weighted by Crippen LogP contribution is -2.34. The Balaban J connectivity index is 1.80. The summed E-state index contributed by atoms with van der Waals surface area (Å²) >= 11 is 4.44. The average Bonchev–Trinajstić information content (AvgIpc) is 2.99. The molecule has 112 valence electrons. The molecule has 0 aliphatic carbocycles. The summed E-state index contributed by atoms with van der Waals surface area (Å²) in [5, 5.41) is 4.36. The van der Waals surface area contributed by atoms with Gasteiger partial charge < -0.3 is 5.32 Å². The summed E-state index contributed by atoms with van der Waals surface area (Å²) in [5.74, 6) is -0.238. The van der Waals surface area contributed by atoms with Crippen molar-refractivity contribution < 1.29 is 13.2 Å². The molecule has 21 heavy (non-hydrogen) atoms. The first-order chi connectivity index (χ1) is 9.99. The molecule has 2 rings (SSSR count). The van der Waals surface area contributed by atoms with Crippen LogP contribution >= 0.6 is 27.3 Å². The van der Waals surface area contributed by atoms with Crippen molar-refractivity contribution in [1.29, 1.82) is 0 Å². The van der Waals surface area contributed by atoms with E-state index in [2.05, 4.69) is 26.0 Å². The molecule has 1 aromatic carbocycles. The van der Waals surface area contributed by atoms with Crippen LogP contribution in [0.2, 0.25) is 0 Å². The van der Waals surface area contributed by atoms with Crippen LogP contribution in [0.15, 0.2) is 50.5 Å². The predicted molar refractivity (Wildman–Crippen MR) is 86.0 cm³/mol. The molecule has 0 aliphatic heterocycles. The number of sulfonamides is 1. The number of rotatable bonds is 6. The van der Waals surface area contributed by atoms with Gasteiger partial charge in [0.25, 0.3) is 5.91 Å². The van der Waals surface area contributed by atoms with Gasteiger partial charge >= 0.3 is 0 Å². The Bertz CT molecular complexity index is 698. The van der Waals surface area contributed by atoms with Gasteiger partial charge in [-0.3, -0.25) is 4.79 Å². The molecule has 0 atom stereocenters. The van der Waals surface area contributed by atoms with Gasteiger partial charge in [0, 0.05) is 23.1 Å². The maximum Gasteiger partial charge on any atom is 0.251 e. The third-order valence-electron chi connectivity index (χ3n) is 2.57. The van der Waals surface area contributed by atoms with Crippen molar-refractivity contribution in [3.63, 3.8) is 0 Å². The maximum absolute atomic E-state index is 11.8. The third-order valence-corrected chi connectivity index (χ3v) is 5.96. The second-order valence-corrected chi connectivity index (χ2v) is 7.95. The van der Waals surface area contributed by atoms with Gasteiger partial charge in [-0.15, -0.1) is 11.3 Å². The Hall–Kier alpha value is -1.22. The molecule has 2 aromatic rings. The molecule has 0 radical (unpaired) electrons. The molecule has 5 nitrogen and oxygen atoms in total. The summed E-state index contributed by atoms with van der Waals surface area (Å²) in [6.07, 6.45) is 0. The molecular formula is C13H13BrN2O3S2. The monoisotopic (exact) mass is 388 g/mol. The molecule has 1 aromatic heterocycles. The number of hydrogen-bond donors (Lipinski definition) is 2. The van der Waals surface area contributed by atoms with Crippen molar-refractivity contribution in [3.8, 4) is 0 Å². The number of thiophene rings is 1. The van der Waals surface area contributed by atoms with Gasteiger partial charge in [-0.25, -0.2) is 13.1 Å². The first kappa shape index (κ1) is 16.2. The van der Waals surface area contributed by atoms with E-state index in [9.17, 15) is 13.2 Å². The normalized spacial score (nSPS) is 11.3. The van der Waals surface area contributed by atoms with E-state index in [1.165, 1.54) is 6.07 Å². The molecule has 2 N–H and O–H groups in total. The summed E-state index contributed by atoms with van der Waals surface area (Å²) in [7, 11) is -3.47. The second kappa shape index (κ2) is 7.17. The van der Waals surface area contributed by atoms with Crippen LogP contribution in [-0.2, 0) is 10.0 Å². The number of nitrogens with one attached hydrogen (secondary N) is 2. The molecule has 0 saturated carbocycles. The van der Waals surface area contributed by atoms with E-state index in [4.69, 9.17) is 0 Å². The summed E-state index contributed by atoms with van der Waals surface area (Å²) < 4.78 is 27.2. The Morgan fingerprint density at radius 2 is 1.86 bits per heavy atom. The van der Waals surface area contributed by atoms with Gasteiger partial charge in [0.15, 0.2) is 0 Å². The van der Waals surface area contributed by atoms with Gasteiger partial charge in [0.1, 0.15) is 4.21 Å². The quantitative estimate of drug-likeness (QED) is 0.744. The van der Waals surface area contributed by atoms with Crippen molar-refractivity contribution in [3.05, 3.63) is 51.8 Å². The Labute approximate surface area is 135 Å². The molecule has 0 aliphatic rings. The van der Waals surface area contributed by atoms with E-state index < -0.39 is 10.0 Å². The van der Waals surface area contributed by atoms with E-state index in [1.54, 1.807) is 35.7 Å². The van der Waals surface area contributed by atoms with Crippen molar-refractivity contribution in [2.45, 2.75) is 4.21 Å². The van der Waals surface area contributed by atoms with Crippen molar-refractivity contribution in [2.75, 3.05) is 13.1 Å². The number of hydrogen-bond acceptors (Lipinski definition) is 4. The Morgan fingerprint density at radius 1 is 1.14 bits per heavy atom. The number of amides is 1. The second-order valence-electron chi connectivity index (χ2n) is 4.09. The summed E-state index contributed by atoms with van der Waals surface area (Å²) in [6, 6.07) is 10.1. The fourth-order valence-corrected chi connectivity index (χ4v) is 3.89. The number of halogens is 1. The highest BCUT2D eigenvalue weighted by molar-refractivity contribution is 9.10. The SMILES string of the molecule is O=C(NCCNS(=O)(=O)c1cccs1)c1ccc(Br)cc1. The van der Waals surface area contributed by atoms with Crippen LogP contribution < -0.4 is 10.0 Å². The summed E-state index contributed by atoms with van der Waals surface area (Å²) in [5.41, 5.74) is 0.527. The van der Waals surface area contributed by atoms with E-state index in [0.717, 1.165) is 15.8 Å². The topological polar surface area (TPSA) is 75.3 Å². The molecular weight excluding hydrogens is 376 g/mol. The zero-order valence-corrected chi connectivity index (χ0v) is 14.1. The average molecular weight is 389 g/mol. The molecule has 0 spiro atoms. The highest BCUT2D eigenvalue weighted by Gasteiger charge is 2.14. The van der Waals surface area contributed by atoms with E-state index in [1.807, 2.05) is 0 Å². The van der Waals surface area contributed by atoms with Crippen LogP contribution in [0, 0.1) is 0 Å². The molecule has 0 bridgehead atoms. The zero-order valence-electron chi connectivity index (χ0n) is 10.9. The minimum absolute atomic E-state index is 0.141. The van der Waals surface area contributed by atoms with E-state index in [-0.39, 0.29) is 23.2 Å². The lowest BCUT2D eigenvalue weighted by Gasteiger charge is -2.07. The summed E-state index contributed by atoms with van der Waals surface area (Å²) in [6.45, 7) is 0.363. The van der Waals surface area contributed by atoms with Gasteiger partial charge in [-0.1, -0.05) is 22.0 Å². The number of carbonyl (C=O) groups excluding carboxylic acids is 1. The largest absolute Gasteiger partial charge is 0.351 e. The van der Waals surface area contributed by atoms with E-state index in [0.29, 0.717) is 5.56 Å². The zero-order chi connectivity index (χ0) is 15.3. The smallest absolute Gasteiger partial charge is 0.251 e. The highest BCUT2D eigenvalue weighted by atomic mass is 79.9. The lowest BCUT2D eigenvalue weighted by molar-refractivity contribution is 0.0954. The Morgan fingerprint density at radius 3 is 2.48 bits per heavy atom. The minimum Gasteiger partial charge on any atom is -0.351 e. The Kier molecular flexibility index (Phi) is 5.51. The fraction of sp³-hybridized carbons (Fsp3) is 0.154. The van der Waals surface area contributed by atoms with Gasteiger partial charge in [-0.2, -0.15) is 0 Å². The van der Waals surface area contributed by atoms with Crippen molar-refractivity contribution in [1.82, 2.24) is 10.0 Å². The fourth-order valence-electron chi connectivity index (χ4n) is 1.55. The molecule has 0 fully saturated rings. The van der Waals surface area contributed by atoms with Crippen molar-refractivity contribution in [2.24, 2.45) is 0 Å². The van der Waals surface area contributed by atoms with Crippen LogP contribution in [0.1, 0.15) is 10.4 Å². The highest BCUT2D eigenvalue weighted by Crippen LogP contribution is 2.14. The maximum atomic E-state index is 11.8. The number of benzene rings is 1. The minimum atomic E-state index is -3.47. The van der Waals surface area contributed by atoms with Crippen LogP contribution in [0.4, 0.5) is 0 Å². The predicted octanol–water partition coefficient (Wildman–Crippen LogP) is 2.22. The molecule has 0 saturated heterocycles. The standard InChI is InChI=1S/C13H13BrN2O3S2/c14-11-5-3-10(4-6-11)13(17)15-7-8-16-21(18,19)12-2-1-9-20-12/h1-6,9,16H,7-8H2,(H,15,17). The van der Waals surface area contributed by atoms with Crippen LogP contribution in [-0.4, -0.2) is 27.4 Å². The van der Waals surface area contributed by atoms with Gasteiger partial charge in [0.05, 0.1) is 0 Å². The van der Waals surface area contributed by atoms with E-state index >= 15 is 0 Å². The first-order valence-corrected chi connectivity index (χ1v) is 9.21.